The minimum atomic E-state index is 0. The van der Waals surface area contributed by atoms with Gasteiger partial charge in [-0.1, -0.05) is 147 Å². The van der Waals surface area contributed by atoms with E-state index < -0.39 is 0 Å². The summed E-state index contributed by atoms with van der Waals surface area (Å²) in [7, 11) is 0. The minimum Gasteiger partial charge on any atom is -1.00 e. The number of rotatable bonds is 0. The van der Waals surface area contributed by atoms with Gasteiger partial charge in [0.2, 0.25) is 0 Å². The van der Waals surface area contributed by atoms with Gasteiger partial charge in [-0.3, -0.25) is 0 Å². The van der Waals surface area contributed by atoms with E-state index in [1.54, 1.807) is 52.4 Å². The molecule has 2 aromatic carbocycles. The molecule has 6 rings (SSSR count). The predicted molar refractivity (Wildman–Crippen MR) is 186 cm³/mol. The molecule has 7 atom stereocenters. The van der Waals surface area contributed by atoms with Crippen molar-refractivity contribution in [2.45, 2.75) is 109 Å². The van der Waals surface area contributed by atoms with Crippen LogP contribution in [0.15, 0.2) is 71.3 Å². The zero-order valence-electron chi connectivity index (χ0n) is 30.5. The zero-order valence-corrected chi connectivity index (χ0v) is 34.5. The maximum Gasteiger partial charge on any atom is -0.0635 e. The Morgan fingerprint density at radius 3 is 2.04 bits per heavy atom. The van der Waals surface area contributed by atoms with E-state index in [4.69, 9.17) is 0 Å². The quantitative estimate of drug-likeness (QED) is 0.318. The van der Waals surface area contributed by atoms with Crippen molar-refractivity contribution < 1.29 is 49.0 Å². The summed E-state index contributed by atoms with van der Waals surface area (Å²) in [6.45, 7) is 33.3. The molecule has 0 aromatic heterocycles. The fourth-order valence-electron chi connectivity index (χ4n) is 8.87. The molecule has 0 N–H and O–H groups in total. The number of hydrogen-bond acceptors (Lipinski definition) is 0. The van der Waals surface area contributed by atoms with Crippen LogP contribution in [0.1, 0.15) is 112 Å². The van der Waals surface area contributed by atoms with Gasteiger partial charge in [0.1, 0.15) is 0 Å². The number of aryl methyl sites for hydroxylation is 1. The van der Waals surface area contributed by atoms with Crippen LogP contribution in [-0.4, -0.2) is 3.21 Å². The molecule has 3 heteroatoms. The van der Waals surface area contributed by atoms with Crippen molar-refractivity contribution in [3.05, 3.63) is 99.5 Å². The first kappa shape index (κ1) is 40.2. The van der Waals surface area contributed by atoms with Crippen LogP contribution in [0.2, 0.25) is 0 Å². The second kappa shape index (κ2) is 14.6. The van der Waals surface area contributed by atoms with Gasteiger partial charge in [0.25, 0.3) is 0 Å². The molecule has 0 amide bonds. The maximum absolute atomic E-state index is 2.63. The van der Waals surface area contributed by atoms with Crippen LogP contribution in [0.3, 0.4) is 0 Å². The third-order valence-electron chi connectivity index (χ3n) is 12.3. The summed E-state index contributed by atoms with van der Waals surface area (Å²) >= 11 is 1.55. The summed E-state index contributed by atoms with van der Waals surface area (Å²) in [5, 5.41) is 0. The van der Waals surface area contributed by atoms with Crippen molar-refractivity contribution in [2.24, 2.45) is 40.4 Å². The molecule has 0 bridgehead atoms. The molecule has 0 spiro atoms. The van der Waals surface area contributed by atoms with Crippen molar-refractivity contribution in [3.8, 4) is 0 Å². The van der Waals surface area contributed by atoms with Gasteiger partial charge in [-0.05, 0) is 34.7 Å². The van der Waals surface area contributed by atoms with Crippen LogP contribution in [-0.2, 0) is 36.1 Å². The first-order valence-electron chi connectivity index (χ1n) is 16.7. The molecule has 1 fully saturated rings. The largest absolute Gasteiger partial charge is 1.00 e. The summed E-state index contributed by atoms with van der Waals surface area (Å²) < 4.78 is 1.51. The van der Waals surface area contributed by atoms with E-state index in [9.17, 15) is 0 Å². The second-order valence-electron chi connectivity index (χ2n) is 15.9. The van der Waals surface area contributed by atoms with Crippen LogP contribution < -0.4 is 24.8 Å². The Morgan fingerprint density at radius 2 is 1.53 bits per heavy atom. The van der Waals surface area contributed by atoms with E-state index in [1.165, 1.54) is 25.5 Å². The molecular weight excluding hydrogens is 667 g/mol. The Labute approximate surface area is 304 Å². The molecule has 45 heavy (non-hydrogen) atoms. The molecular formula is C42H58Cl2Zr-2. The second-order valence-corrected chi connectivity index (χ2v) is 18.4. The van der Waals surface area contributed by atoms with Gasteiger partial charge in [-0.25, -0.2) is 12.0 Å². The fraction of sp³-hybridized carbons (Fsp3) is 0.548. The topological polar surface area (TPSA) is 0 Å². The molecule has 7 unspecified atom stereocenters. The molecule has 4 aliphatic rings. The summed E-state index contributed by atoms with van der Waals surface area (Å²) in [6.07, 6.45) is 6.12. The Bertz CT molecular complexity index is 1460. The van der Waals surface area contributed by atoms with Crippen molar-refractivity contribution >= 4 is 8.78 Å². The number of halogens is 2. The molecule has 0 heterocycles. The van der Waals surface area contributed by atoms with Gasteiger partial charge in [-0.15, -0.1) is 6.92 Å². The summed E-state index contributed by atoms with van der Waals surface area (Å²) in [6, 6.07) is 15.8. The minimum absolute atomic E-state index is 0. The molecule has 0 aliphatic heterocycles. The molecule has 1 saturated carbocycles. The van der Waals surface area contributed by atoms with Gasteiger partial charge in [0, 0.05) is 5.41 Å². The van der Waals surface area contributed by atoms with E-state index >= 15 is 0 Å². The Balaban J connectivity index is 0.000000371. The number of fused-ring (bicyclic) bond motifs is 6. The Morgan fingerprint density at radius 1 is 0.956 bits per heavy atom. The van der Waals surface area contributed by atoms with Crippen molar-refractivity contribution in [1.29, 1.82) is 0 Å². The zero-order chi connectivity index (χ0) is 32.2. The van der Waals surface area contributed by atoms with Gasteiger partial charge >= 0.3 is 41.3 Å². The first-order valence-corrected chi connectivity index (χ1v) is 18.0. The number of hydrogen-bond donors (Lipinski definition) is 0. The Hall–Kier alpha value is -1.01. The van der Waals surface area contributed by atoms with E-state index in [0.717, 1.165) is 6.42 Å². The summed E-state index contributed by atoms with van der Waals surface area (Å²) in [4.78, 5) is 0. The standard InChI is InChI=1S/C29H37.C10H15.C3H6.2ClH.Zr/c1-16-13-14-25-26-23-12-10-9-11-22(23)15-24(26)27-19(4)17(2)18(3)21(6)29(27,8)28(25,7)20(16)5;1-8-5-6-9(7-8)10(2,3)4;1-3-2;;;/h9-14,16-18,20-21H,15H2,1-8H3;5-7H,1-4H3;1-2H3;2*1H;/q2*-1;;;;+2/p-2. The smallest absolute Gasteiger partial charge is 0.0635 e. The molecule has 4 aliphatic carbocycles. The normalized spacial score (nSPS) is 31.1. The third-order valence-corrected chi connectivity index (χ3v) is 12.3. The van der Waals surface area contributed by atoms with Gasteiger partial charge < -0.3 is 24.8 Å². The molecule has 0 radical (unpaired) electrons. The molecule has 0 nitrogen and oxygen atoms in total. The third kappa shape index (κ3) is 6.81. The van der Waals surface area contributed by atoms with Crippen LogP contribution in [0, 0.1) is 53.3 Å². The average Bonchev–Trinajstić information content (AvgIpc) is 3.53. The van der Waals surface area contributed by atoms with E-state index in [1.807, 2.05) is 0 Å². The maximum atomic E-state index is 2.63. The fourth-order valence-corrected chi connectivity index (χ4v) is 8.87. The Kier molecular flexibility index (Phi) is 13.1. The van der Waals surface area contributed by atoms with E-state index in [-0.39, 0.29) is 35.6 Å². The van der Waals surface area contributed by atoms with Gasteiger partial charge in [0.15, 0.2) is 0 Å². The molecule has 246 valence electrons. The van der Waals surface area contributed by atoms with Gasteiger partial charge in [-0.2, -0.15) is 34.4 Å². The van der Waals surface area contributed by atoms with Crippen molar-refractivity contribution in [2.75, 3.05) is 0 Å². The van der Waals surface area contributed by atoms with E-state index in [2.05, 4.69) is 152 Å². The number of allylic oxidation sites excluding steroid dienone is 6. The van der Waals surface area contributed by atoms with Crippen LogP contribution in [0.4, 0.5) is 0 Å². The molecule has 0 saturated heterocycles. The predicted octanol–water partition coefficient (Wildman–Crippen LogP) is 5.44. The van der Waals surface area contributed by atoms with Gasteiger partial charge in [0.05, 0.1) is 0 Å². The van der Waals surface area contributed by atoms with Crippen LogP contribution in [0.25, 0.3) is 5.57 Å². The van der Waals surface area contributed by atoms with E-state index in [0.29, 0.717) is 35.0 Å². The van der Waals surface area contributed by atoms with Crippen LogP contribution in [0.5, 0.6) is 0 Å². The summed E-state index contributed by atoms with van der Waals surface area (Å²) in [5.74, 6) is 4.93. The molecule has 2 aromatic rings. The van der Waals surface area contributed by atoms with Crippen molar-refractivity contribution in [1.82, 2.24) is 0 Å². The summed E-state index contributed by atoms with van der Waals surface area (Å²) in [5.41, 5.74) is 13.0. The number of benzene rings is 1. The van der Waals surface area contributed by atoms with Crippen molar-refractivity contribution in [3.63, 3.8) is 0 Å². The monoisotopic (exact) mass is 722 g/mol. The first-order chi connectivity index (χ1) is 19.9. The van der Waals surface area contributed by atoms with Crippen LogP contribution >= 0.6 is 0 Å². The average molecular weight is 725 g/mol. The SMILES string of the molecule is C[C-]1C2=C3Cc4ccccc4C3=C3C=CC(C)C(C)C3(C)C2(C)C(C)C(C)C1C.C[C](C)=[Zr+2].Cc1cc(C(C)(C)C)c[cH-]1.[Cl-].[Cl-].